The first-order valence-electron chi connectivity index (χ1n) is 9.59. The predicted molar refractivity (Wildman–Crippen MR) is 118 cm³/mol. The molecule has 0 radical (unpaired) electrons. The molecule has 1 N–H and O–H groups in total. The van der Waals surface area contributed by atoms with Gasteiger partial charge >= 0.3 is 0 Å². The third kappa shape index (κ3) is 3.87. The molecule has 1 aromatic carbocycles. The second-order valence-corrected chi connectivity index (χ2v) is 7.23. The molecule has 0 unspecified atom stereocenters. The summed E-state index contributed by atoms with van der Waals surface area (Å²) in [5, 5.41) is 4.65. The lowest BCUT2D eigenvalue weighted by Crippen LogP contribution is -2.12. The van der Waals surface area contributed by atoms with Gasteiger partial charge in [0.2, 0.25) is 0 Å². The van der Waals surface area contributed by atoms with Gasteiger partial charge in [-0.25, -0.2) is 15.0 Å². The quantitative estimate of drug-likeness (QED) is 0.551. The van der Waals surface area contributed by atoms with Crippen molar-refractivity contribution in [3.05, 3.63) is 71.5 Å². The molecule has 0 saturated heterocycles. The Kier molecular flexibility index (Phi) is 5.08. The molecule has 0 amide bonds. The maximum Gasteiger partial charge on any atom is 0.180 e. The van der Waals surface area contributed by atoms with E-state index < -0.39 is 0 Å². The van der Waals surface area contributed by atoms with Crippen molar-refractivity contribution in [1.29, 1.82) is 0 Å². The summed E-state index contributed by atoms with van der Waals surface area (Å²) in [6.07, 6.45) is 1.76. The average Bonchev–Trinajstić information content (AvgIpc) is 2.74. The van der Waals surface area contributed by atoms with Crippen LogP contribution >= 0.6 is 0 Å². The van der Waals surface area contributed by atoms with Crippen LogP contribution < -0.4 is 10.2 Å². The van der Waals surface area contributed by atoms with Crippen LogP contribution in [-0.4, -0.2) is 34.0 Å². The van der Waals surface area contributed by atoms with E-state index in [9.17, 15) is 0 Å². The minimum Gasteiger partial charge on any atom is -0.366 e. The third-order valence-corrected chi connectivity index (χ3v) is 4.98. The van der Waals surface area contributed by atoms with Gasteiger partial charge in [0.05, 0.1) is 5.52 Å². The number of nitrogens with zero attached hydrogens (tertiary/aromatic N) is 5. The van der Waals surface area contributed by atoms with Gasteiger partial charge in [-0.15, -0.1) is 0 Å². The first-order chi connectivity index (χ1) is 14.0. The van der Waals surface area contributed by atoms with Crippen molar-refractivity contribution in [3.63, 3.8) is 0 Å². The van der Waals surface area contributed by atoms with Gasteiger partial charge in [-0.05, 0) is 43.7 Å². The van der Waals surface area contributed by atoms with Crippen molar-refractivity contribution >= 4 is 22.5 Å². The largest absolute Gasteiger partial charge is 0.366 e. The molecule has 0 aliphatic heterocycles. The van der Waals surface area contributed by atoms with Crippen molar-refractivity contribution in [1.82, 2.24) is 19.9 Å². The van der Waals surface area contributed by atoms with Gasteiger partial charge in [-0.1, -0.05) is 24.3 Å². The van der Waals surface area contributed by atoms with Gasteiger partial charge in [0.15, 0.2) is 5.82 Å². The van der Waals surface area contributed by atoms with Crippen LogP contribution in [0.25, 0.3) is 22.4 Å². The summed E-state index contributed by atoms with van der Waals surface area (Å²) in [7, 11) is 4.01. The van der Waals surface area contributed by atoms with Crippen LogP contribution in [-0.2, 0) is 6.54 Å². The molecule has 0 atom stereocenters. The Morgan fingerprint density at radius 1 is 0.931 bits per heavy atom. The van der Waals surface area contributed by atoms with Crippen LogP contribution in [0.5, 0.6) is 0 Å². The van der Waals surface area contributed by atoms with E-state index in [1.165, 1.54) is 5.56 Å². The SMILES string of the molecule is Cc1nc(-c2ccccn2)nc(NCc2cc(N(C)C)nc3ccccc23)c1C. The smallest absolute Gasteiger partial charge is 0.180 e. The maximum atomic E-state index is 4.75. The van der Waals surface area contributed by atoms with Gasteiger partial charge in [0, 0.05) is 43.5 Å². The van der Waals surface area contributed by atoms with Crippen LogP contribution in [0.1, 0.15) is 16.8 Å². The Labute approximate surface area is 170 Å². The molecule has 0 aliphatic carbocycles. The van der Waals surface area contributed by atoms with E-state index in [0.717, 1.165) is 39.5 Å². The van der Waals surface area contributed by atoms with Crippen molar-refractivity contribution in [2.24, 2.45) is 0 Å². The Hall–Kier alpha value is -3.54. The molecule has 0 aliphatic rings. The van der Waals surface area contributed by atoms with E-state index in [0.29, 0.717) is 12.4 Å². The standard InChI is InChI=1S/C23H24N6/c1-15-16(2)26-23(20-11-7-8-12-24-20)28-22(15)25-14-17-13-21(29(3)4)27-19-10-6-5-9-18(17)19/h5-13H,14H2,1-4H3,(H,25,26,28). The number of aryl methyl sites for hydroxylation is 1. The second-order valence-electron chi connectivity index (χ2n) is 7.23. The van der Waals surface area contributed by atoms with E-state index in [2.05, 4.69) is 27.4 Å². The van der Waals surface area contributed by atoms with Crippen molar-refractivity contribution in [2.75, 3.05) is 24.3 Å². The second kappa shape index (κ2) is 7.83. The number of aromatic nitrogens is 4. The number of rotatable bonds is 5. The summed E-state index contributed by atoms with van der Waals surface area (Å²) in [4.78, 5) is 20.5. The average molecular weight is 384 g/mol. The molecule has 0 bridgehead atoms. The van der Waals surface area contributed by atoms with Crippen LogP contribution in [0.4, 0.5) is 11.6 Å². The van der Waals surface area contributed by atoms with Crippen LogP contribution in [0, 0.1) is 13.8 Å². The number of nitrogens with one attached hydrogen (secondary N) is 1. The van der Waals surface area contributed by atoms with Gasteiger partial charge in [-0.3, -0.25) is 4.98 Å². The molecule has 146 valence electrons. The number of para-hydroxylation sites is 1. The first kappa shape index (κ1) is 18.8. The fourth-order valence-electron chi connectivity index (χ4n) is 3.20. The lowest BCUT2D eigenvalue weighted by Gasteiger charge is -2.17. The van der Waals surface area contributed by atoms with Crippen LogP contribution in [0.2, 0.25) is 0 Å². The summed E-state index contributed by atoms with van der Waals surface area (Å²) in [5.41, 5.74) is 4.91. The van der Waals surface area contributed by atoms with E-state index in [1.54, 1.807) is 6.20 Å². The fraction of sp³-hybridized carbons (Fsp3) is 0.217. The summed E-state index contributed by atoms with van der Waals surface area (Å²) in [6.45, 7) is 4.68. The highest BCUT2D eigenvalue weighted by Gasteiger charge is 2.12. The molecule has 29 heavy (non-hydrogen) atoms. The molecule has 0 saturated carbocycles. The van der Waals surface area contributed by atoms with Crippen molar-refractivity contribution in [3.8, 4) is 11.5 Å². The van der Waals surface area contributed by atoms with Crippen LogP contribution in [0.15, 0.2) is 54.7 Å². The van der Waals surface area contributed by atoms with Gasteiger partial charge in [-0.2, -0.15) is 0 Å². The Morgan fingerprint density at radius 2 is 1.72 bits per heavy atom. The highest BCUT2D eigenvalue weighted by Crippen LogP contribution is 2.25. The molecule has 3 heterocycles. The molecule has 0 fully saturated rings. The number of fused-ring (bicyclic) bond motifs is 1. The Bertz CT molecular complexity index is 1150. The monoisotopic (exact) mass is 384 g/mol. The first-order valence-corrected chi connectivity index (χ1v) is 9.59. The summed E-state index contributed by atoms with van der Waals surface area (Å²) in [6, 6.07) is 16.1. The van der Waals surface area contributed by atoms with Gasteiger partial charge < -0.3 is 10.2 Å². The van der Waals surface area contributed by atoms with Crippen LogP contribution in [0.3, 0.4) is 0 Å². The van der Waals surface area contributed by atoms with E-state index in [4.69, 9.17) is 9.97 Å². The summed E-state index contributed by atoms with van der Waals surface area (Å²) >= 11 is 0. The minimum atomic E-state index is 0.629. The Balaban J connectivity index is 1.70. The maximum absolute atomic E-state index is 4.75. The fourth-order valence-corrected chi connectivity index (χ4v) is 3.20. The minimum absolute atomic E-state index is 0.629. The zero-order valence-electron chi connectivity index (χ0n) is 17.1. The molecule has 4 rings (SSSR count). The van der Waals surface area contributed by atoms with E-state index >= 15 is 0 Å². The normalized spacial score (nSPS) is 10.9. The van der Waals surface area contributed by atoms with Crippen molar-refractivity contribution < 1.29 is 0 Å². The highest BCUT2D eigenvalue weighted by molar-refractivity contribution is 5.84. The molecular weight excluding hydrogens is 360 g/mol. The predicted octanol–water partition coefficient (Wildman–Crippen LogP) is 4.38. The third-order valence-electron chi connectivity index (χ3n) is 4.98. The van der Waals surface area contributed by atoms with Crippen molar-refractivity contribution in [2.45, 2.75) is 20.4 Å². The number of pyridine rings is 2. The molecule has 6 heteroatoms. The molecule has 6 nitrogen and oxygen atoms in total. The molecule has 3 aromatic heterocycles. The lowest BCUT2D eigenvalue weighted by atomic mass is 10.1. The summed E-state index contributed by atoms with van der Waals surface area (Å²) < 4.78 is 0. The molecule has 0 spiro atoms. The topological polar surface area (TPSA) is 66.8 Å². The molecule has 4 aromatic rings. The van der Waals surface area contributed by atoms with Gasteiger partial charge in [0.25, 0.3) is 0 Å². The summed E-state index contributed by atoms with van der Waals surface area (Å²) in [5.74, 6) is 2.39. The zero-order valence-corrected chi connectivity index (χ0v) is 17.1. The Morgan fingerprint density at radius 3 is 2.48 bits per heavy atom. The lowest BCUT2D eigenvalue weighted by molar-refractivity contribution is 1.02. The van der Waals surface area contributed by atoms with E-state index in [-0.39, 0.29) is 0 Å². The zero-order chi connectivity index (χ0) is 20.4. The number of hydrogen-bond acceptors (Lipinski definition) is 6. The molecular formula is C23H24N6. The highest BCUT2D eigenvalue weighted by atomic mass is 15.1. The number of anilines is 2. The van der Waals surface area contributed by atoms with Gasteiger partial charge in [0.1, 0.15) is 17.3 Å². The number of hydrogen-bond donors (Lipinski definition) is 1. The van der Waals surface area contributed by atoms with E-state index in [1.807, 2.05) is 69.2 Å². The number of benzene rings is 1.